The third kappa shape index (κ3) is 1.79. The van der Waals surface area contributed by atoms with Gasteiger partial charge in [0, 0.05) is 6.61 Å². The maximum absolute atomic E-state index is 5.71. The van der Waals surface area contributed by atoms with Crippen molar-refractivity contribution in [3.8, 4) is 0 Å². The first kappa shape index (κ1) is 11.6. The van der Waals surface area contributed by atoms with E-state index in [2.05, 4.69) is 28.8 Å². The summed E-state index contributed by atoms with van der Waals surface area (Å²) in [5, 5.41) is 0. The van der Waals surface area contributed by atoms with Crippen molar-refractivity contribution in [3.05, 3.63) is 17.8 Å². The van der Waals surface area contributed by atoms with Gasteiger partial charge in [-0.1, -0.05) is 13.8 Å². The molecule has 96 valence electrons. The van der Waals surface area contributed by atoms with Crippen molar-refractivity contribution in [1.82, 2.24) is 19.5 Å². The van der Waals surface area contributed by atoms with Crippen LogP contribution in [0.3, 0.4) is 0 Å². The zero-order valence-electron chi connectivity index (χ0n) is 11.1. The smallest absolute Gasteiger partial charge is 0.165 e. The molecule has 1 atom stereocenters. The number of fused-ring (bicyclic) bond motifs is 1. The highest BCUT2D eigenvalue weighted by atomic mass is 16.5. The van der Waals surface area contributed by atoms with Crippen LogP contribution < -0.4 is 0 Å². The van der Waals surface area contributed by atoms with Crippen LogP contribution in [-0.4, -0.2) is 26.1 Å². The summed E-state index contributed by atoms with van der Waals surface area (Å²) >= 11 is 0. The summed E-state index contributed by atoms with van der Waals surface area (Å²) in [6, 6.07) is 0. The Morgan fingerprint density at radius 1 is 1.39 bits per heavy atom. The lowest BCUT2D eigenvalue weighted by Crippen LogP contribution is -2.08. The highest BCUT2D eigenvalue weighted by molar-refractivity contribution is 5.74. The summed E-state index contributed by atoms with van der Waals surface area (Å²) in [6.07, 6.45) is 4.06. The number of imidazole rings is 1. The average Bonchev–Trinajstić information content (AvgIpc) is 2.94. The van der Waals surface area contributed by atoms with Crippen LogP contribution in [0.2, 0.25) is 0 Å². The third-order valence-electron chi connectivity index (χ3n) is 3.32. The van der Waals surface area contributed by atoms with E-state index in [1.54, 1.807) is 0 Å². The van der Waals surface area contributed by atoms with Crippen LogP contribution in [0.25, 0.3) is 11.2 Å². The molecule has 1 fully saturated rings. The zero-order chi connectivity index (χ0) is 12.7. The number of aromatic nitrogens is 4. The molecule has 3 heterocycles. The summed E-state index contributed by atoms with van der Waals surface area (Å²) in [5.74, 6) is 1.15. The summed E-state index contributed by atoms with van der Waals surface area (Å²) < 4.78 is 7.75. The average molecular weight is 246 g/mol. The quantitative estimate of drug-likeness (QED) is 0.817. The molecule has 3 rings (SSSR count). The summed E-state index contributed by atoms with van der Waals surface area (Å²) in [4.78, 5) is 13.5. The lowest BCUT2D eigenvalue weighted by atomic mass is 10.1. The van der Waals surface area contributed by atoms with E-state index in [1.807, 2.05) is 17.8 Å². The van der Waals surface area contributed by atoms with E-state index in [0.29, 0.717) is 5.92 Å². The minimum atomic E-state index is 0.0873. The molecular formula is C13H18N4O. The molecule has 0 radical (unpaired) electrons. The van der Waals surface area contributed by atoms with Crippen LogP contribution in [0.1, 0.15) is 50.4 Å². The molecule has 0 spiro atoms. The van der Waals surface area contributed by atoms with E-state index in [9.17, 15) is 0 Å². The van der Waals surface area contributed by atoms with Crippen LogP contribution in [0.5, 0.6) is 0 Å². The Morgan fingerprint density at radius 2 is 2.22 bits per heavy atom. The lowest BCUT2D eigenvalue weighted by molar-refractivity contribution is 0.0592. The maximum atomic E-state index is 5.71. The molecule has 0 saturated carbocycles. The predicted octanol–water partition coefficient (Wildman–Crippen LogP) is 2.57. The van der Waals surface area contributed by atoms with E-state index < -0.39 is 0 Å². The molecule has 5 heteroatoms. The minimum Gasteiger partial charge on any atom is -0.358 e. The van der Waals surface area contributed by atoms with Crippen LogP contribution in [0.4, 0.5) is 0 Å². The first-order valence-corrected chi connectivity index (χ1v) is 6.49. The van der Waals surface area contributed by atoms with Gasteiger partial charge in [-0.3, -0.25) is 4.57 Å². The number of nitrogens with zero attached hydrogens (tertiary/aromatic N) is 4. The molecule has 2 aromatic rings. The second-order valence-electron chi connectivity index (χ2n) is 5.10. The van der Waals surface area contributed by atoms with E-state index in [-0.39, 0.29) is 6.23 Å². The van der Waals surface area contributed by atoms with Crippen LogP contribution in [-0.2, 0) is 4.74 Å². The Bertz CT molecular complexity index is 570. The Morgan fingerprint density at radius 3 is 2.89 bits per heavy atom. The molecule has 1 aliphatic heterocycles. The van der Waals surface area contributed by atoms with Gasteiger partial charge in [-0.05, 0) is 25.7 Å². The molecule has 0 N–H and O–H groups in total. The Labute approximate surface area is 106 Å². The van der Waals surface area contributed by atoms with Gasteiger partial charge in [0.2, 0.25) is 0 Å². The van der Waals surface area contributed by atoms with E-state index in [1.165, 1.54) is 0 Å². The summed E-state index contributed by atoms with van der Waals surface area (Å²) in [7, 11) is 0. The molecule has 1 saturated heterocycles. The van der Waals surface area contributed by atoms with Gasteiger partial charge in [0.1, 0.15) is 17.6 Å². The number of ether oxygens (including phenoxy) is 1. The van der Waals surface area contributed by atoms with Crippen molar-refractivity contribution in [2.45, 2.75) is 45.8 Å². The van der Waals surface area contributed by atoms with Gasteiger partial charge in [0.05, 0.1) is 12.0 Å². The molecule has 0 aliphatic carbocycles. The number of rotatable bonds is 2. The molecule has 0 aromatic carbocycles. The van der Waals surface area contributed by atoms with E-state index in [4.69, 9.17) is 4.74 Å². The summed E-state index contributed by atoms with van der Waals surface area (Å²) in [6.45, 7) is 7.02. The van der Waals surface area contributed by atoms with Gasteiger partial charge >= 0.3 is 0 Å². The van der Waals surface area contributed by atoms with Gasteiger partial charge < -0.3 is 4.74 Å². The third-order valence-corrected chi connectivity index (χ3v) is 3.32. The molecule has 0 bridgehead atoms. The largest absolute Gasteiger partial charge is 0.358 e. The van der Waals surface area contributed by atoms with Crippen molar-refractivity contribution < 1.29 is 4.74 Å². The van der Waals surface area contributed by atoms with Gasteiger partial charge in [-0.25, -0.2) is 15.0 Å². The Hall–Kier alpha value is -1.49. The number of hydrogen-bond donors (Lipinski definition) is 0. The van der Waals surface area contributed by atoms with Crippen molar-refractivity contribution in [1.29, 1.82) is 0 Å². The Balaban J connectivity index is 2.17. The molecule has 1 unspecified atom stereocenters. The zero-order valence-corrected chi connectivity index (χ0v) is 11.1. The SMILES string of the molecule is Cc1nc(C(C)C)c2ncn(C3CCCO3)c2n1. The fourth-order valence-corrected chi connectivity index (χ4v) is 2.44. The molecule has 1 aliphatic rings. The molecule has 5 nitrogen and oxygen atoms in total. The van der Waals surface area contributed by atoms with Gasteiger partial charge in [0.25, 0.3) is 0 Å². The summed E-state index contributed by atoms with van der Waals surface area (Å²) in [5.41, 5.74) is 2.83. The first-order chi connectivity index (χ1) is 8.66. The van der Waals surface area contributed by atoms with Crippen LogP contribution >= 0.6 is 0 Å². The van der Waals surface area contributed by atoms with Crippen molar-refractivity contribution in [2.24, 2.45) is 0 Å². The molecule has 2 aromatic heterocycles. The second-order valence-corrected chi connectivity index (χ2v) is 5.10. The van der Waals surface area contributed by atoms with E-state index in [0.717, 1.165) is 42.1 Å². The fourth-order valence-electron chi connectivity index (χ4n) is 2.44. The highest BCUT2D eigenvalue weighted by Gasteiger charge is 2.22. The fraction of sp³-hybridized carbons (Fsp3) is 0.615. The number of hydrogen-bond acceptors (Lipinski definition) is 4. The molecule has 0 amide bonds. The minimum absolute atomic E-state index is 0.0873. The van der Waals surface area contributed by atoms with Crippen molar-refractivity contribution >= 4 is 11.2 Å². The predicted molar refractivity (Wildman–Crippen MR) is 68.4 cm³/mol. The molecular weight excluding hydrogens is 228 g/mol. The highest BCUT2D eigenvalue weighted by Crippen LogP contribution is 2.28. The number of aryl methyl sites for hydroxylation is 1. The molecule has 18 heavy (non-hydrogen) atoms. The second kappa shape index (κ2) is 4.31. The first-order valence-electron chi connectivity index (χ1n) is 6.49. The van der Waals surface area contributed by atoms with Crippen molar-refractivity contribution in [2.75, 3.05) is 6.61 Å². The van der Waals surface area contributed by atoms with Gasteiger partial charge in [-0.2, -0.15) is 0 Å². The van der Waals surface area contributed by atoms with Gasteiger partial charge in [-0.15, -0.1) is 0 Å². The van der Waals surface area contributed by atoms with Crippen LogP contribution in [0.15, 0.2) is 6.33 Å². The normalized spacial score (nSPS) is 20.1. The monoisotopic (exact) mass is 246 g/mol. The van der Waals surface area contributed by atoms with Crippen molar-refractivity contribution in [3.63, 3.8) is 0 Å². The van der Waals surface area contributed by atoms with E-state index >= 15 is 0 Å². The topological polar surface area (TPSA) is 52.8 Å². The Kier molecular flexibility index (Phi) is 2.78. The lowest BCUT2D eigenvalue weighted by Gasteiger charge is -2.12. The van der Waals surface area contributed by atoms with Gasteiger partial charge in [0.15, 0.2) is 5.65 Å². The standard InChI is InChI=1S/C13H18N4O/c1-8(2)11-12-13(16-9(3)15-11)17(7-14-12)10-5-4-6-18-10/h7-8,10H,4-6H2,1-3H3. The van der Waals surface area contributed by atoms with Crippen LogP contribution in [0, 0.1) is 6.92 Å². The maximum Gasteiger partial charge on any atom is 0.165 e.